The molecule has 1 aromatic rings. The van der Waals surface area contributed by atoms with Crippen molar-refractivity contribution >= 4 is 15.9 Å². The number of ether oxygens (including phenoxy) is 2. The van der Waals surface area contributed by atoms with Crippen molar-refractivity contribution < 1.29 is 9.47 Å². The molecule has 0 saturated carbocycles. The minimum Gasteiger partial charge on any atom is -0.353 e. The summed E-state index contributed by atoms with van der Waals surface area (Å²) in [6, 6.07) is 1.82. The quantitative estimate of drug-likeness (QED) is 0.857. The predicted molar refractivity (Wildman–Crippen MR) is 72.7 cm³/mol. The van der Waals surface area contributed by atoms with Gasteiger partial charge in [-0.3, -0.25) is 4.79 Å². The van der Waals surface area contributed by atoms with Crippen molar-refractivity contribution in [2.75, 3.05) is 13.2 Å². The van der Waals surface area contributed by atoms with Crippen LogP contribution in [0, 0.1) is 6.92 Å². The van der Waals surface area contributed by atoms with E-state index >= 15 is 0 Å². The Balaban J connectivity index is 1.88. The number of hydrogen-bond donors (Lipinski definition) is 0. The number of aryl methyl sites for hydroxylation is 1. The lowest BCUT2D eigenvalue weighted by atomic mass is 10.2. The molecule has 1 fully saturated rings. The zero-order chi connectivity index (χ0) is 13.0. The Morgan fingerprint density at radius 2 is 2.39 bits per heavy atom. The molecule has 1 aromatic heterocycles. The van der Waals surface area contributed by atoms with Gasteiger partial charge in [-0.25, -0.2) is 0 Å². The Hall–Kier alpha value is -0.650. The highest BCUT2D eigenvalue weighted by Crippen LogP contribution is 2.13. The second-order valence-electron chi connectivity index (χ2n) is 4.51. The SMILES string of the molecule is Cc1cc(Br)cn(CCOC2CCCCO2)c1=O. The molecule has 5 heteroatoms. The summed E-state index contributed by atoms with van der Waals surface area (Å²) in [5.74, 6) is 0. The molecule has 1 atom stereocenters. The lowest BCUT2D eigenvalue weighted by Crippen LogP contribution is -2.27. The second-order valence-corrected chi connectivity index (χ2v) is 5.42. The van der Waals surface area contributed by atoms with Crippen molar-refractivity contribution in [2.45, 2.75) is 39.0 Å². The van der Waals surface area contributed by atoms with E-state index in [-0.39, 0.29) is 11.8 Å². The van der Waals surface area contributed by atoms with Gasteiger partial charge in [0.15, 0.2) is 6.29 Å². The molecule has 1 aliphatic rings. The van der Waals surface area contributed by atoms with E-state index in [0.717, 1.165) is 35.9 Å². The fourth-order valence-corrected chi connectivity index (χ4v) is 2.62. The molecular weight excluding hydrogens is 298 g/mol. The van der Waals surface area contributed by atoms with E-state index in [9.17, 15) is 4.79 Å². The minimum absolute atomic E-state index is 0.0337. The lowest BCUT2D eigenvalue weighted by Gasteiger charge is -2.22. The molecule has 0 N–H and O–H groups in total. The Bertz CT molecular complexity index is 452. The van der Waals surface area contributed by atoms with Crippen LogP contribution in [-0.2, 0) is 16.0 Å². The molecule has 2 rings (SSSR count). The van der Waals surface area contributed by atoms with Gasteiger partial charge in [0, 0.05) is 29.4 Å². The first-order valence-corrected chi connectivity index (χ1v) is 7.06. The van der Waals surface area contributed by atoms with Crippen LogP contribution in [0.5, 0.6) is 0 Å². The molecule has 18 heavy (non-hydrogen) atoms. The van der Waals surface area contributed by atoms with Crippen molar-refractivity contribution in [3.63, 3.8) is 0 Å². The van der Waals surface area contributed by atoms with Gasteiger partial charge in [0.1, 0.15) is 0 Å². The van der Waals surface area contributed by atoms with E-state index in [2.05, 4.69) is 15.9 Å². The van der Waals surface area contributed by atoms with Gasteiger partial charge >= 0.3 is 0 Å². The highest BCUT2D eigenvalue weighted by atomic mass is 79.9. The molecule has 0 bridgehead atoms. The second kappa shape index (κ2) is 6.50. The Morgan fingerprint density at radius 1 is 1.56 bits per heavy atom. The van der Waals surface area contributed by atoms with E-state index < -0.39 is 0 Å². The van der Waals surface area contributed by atoms with Gasteiger partial charge in [-0.05, 0) is 48.2 Å². The van der Waals surface area contributed by atoms with Crippen LogP contribution >= 0.6 is 15.9 Å². The van der Waals surface area contributed by atoms with Crippen LogP contribution < -0.4 is 5.56 Å². The maximum atomic E-state index is 11.9. The summed E-state index contributed by atoms with van der Waals surface area (Å²) >= 11 is 3.39. The fraction of sp³-hybridized carbons (Fsp3) is 0.615. The van der Waals surface area contributed by atoms with E-state index in [1.807, 2.05) is 13.0 Å². The van der Waals surface area contributed by atoms with E-state index in [0.29, 0.717) is 13.2 Å². The molecule has 4 nitrogen and oxygen atoms in total. The minimum atomic E-state index is -0.0947. The Labute approximate surface area is 115 Å². The number of aromatic nitrogens is 1. The van der Waals surface area contributed by atoms with E-state index in [1.165, 1.54) is 0 Å². The average molecular weight is 316 g/mol. The maximum Gasteiger partial charge on any atom is 0.253 e. The number of pyridine rings is 1. The molecule has 0 amide bonds. The van der Waals surface area contributed by atoms with Crippen LogP contribution in [0.1, 0.15) is 24.8 Å². The molecule has 1 saturated heterocycles. The smallest absolute Gasteiger partial charge is 0.253 e. The van der Waals surface area contributed by atoms with Crippen molar-refractivity contribution in [3.05, 3.63) is 32.7 Å². The van der Waals surface area contributed by atoms with Gasteiger partial charge in [0.05, 0.1) is 6.61 Å². The van der Waals surface area contributed by atoms with Gasteiger partial charge in [-0.15, -0.1) is 0 Å². The summed E-state index contributed by atoms with van der Waals surface area (Å²) < 4.78 is 13.7. The van der Waals surface area contributed by atoms with Gasteiger partial charge in [0.2, 0.25) is 0 Å². The van der Waals surface area contributed by atoms with E-state index in [4.69, 9.17) is 9.47 Å². The van der Waals surface area contributed by atoms with Crippen molar-refractivity contribution in [2.24, 2.45) is 0 Å². The third-order valence-corrected chi connectivity index (χ3v) is 3.44. The number of rotatable bonds is 4. The summed E-state index contributed by atoms with van der Waals surface area (Å²) in [7, 11) is 0. The molecule has 0 aromatic carbocycles. The van der Waals surface area contributed by atoms with Gasteiger partial charge in [-0.2, -0.15) is 0 Å². The van der Waals surface area contributed by atoms with Crippen LogP contribution in [0.25, 0.3) is 0 Å². The first kappa shape index (κ1) is 13.8. The topological polar surface area (TPSA) is 40.5 Å². The molecule has 1 unspecified atom stereocenters. The highest BCUT2D eigenvalue weighted by Gasteiger charge is 2.13. The fourth-order valence-electron chi connectivity index (χ4n) is 2.03. The average Bonchev–Trinajstić information content (AvgIpc) is 2.36. The maximum absolute atomic E-state index is 11.9. The normalized spacial score (nSPS) is 20.0. The Morgan fingerprint density at radius 3 is 3.11 bits per heavy atom. The number of nitrogens with zero attached hydrogens (tertiary/aromatic N) is 1. The molecule has 0 aliphatic carbocycles. The monoisotopic (exact) mass is 315 g/mol. The van der Waals surface area contributed by atoms with Crippen molar-refractivity contribution in [3.8, 4) is 0 Å². The zero-order valence-electron chi connectivity index (χ0n) is 10.5. The van der Waals surface area contributed by atoms with Crippen LogP contribution in [0.15, 0.2) is 21.5 Å². The summed E-state index contributed by atoms with van der Waals surface area (Å²) in [5.41, 5.74) is 0.768. The van der Waals surface area contributed by atoms with Crippen LogP contribution in [-0.4, -0.2) is 24.1 Å². The largest absolute Gasteiger partial charge is 0.353 e. The molecule has 1 aliphatic heterocycles. The lowest BCUT2D eigenvalue weighted by molar-refractivity contribution is -0.163. The standard InChI is InChI=1S/C13H18BrNO3/c1-10-8-11(14)9-15(13(10)16)5-7-18-12-4-2-3-6-17-12/h8-9,12H,2-7H2,1H3. The third kappa shape index (κ3) is 3.67. The first-order chi connectivity index (χ1) is 8.66. The summed E-state index contributed by atoms with van der Waals surface area (Å²) in [5, 5.41) is 0. The molecule has 0 spiro atoms. The van der Waals surface area contributed by atoms with Crippen LogP contribution in [0.3, 0.4) is 0 Å². The zero-order valence-corrected chi connectivity index (χ0v) is 12.1. The van der Waals surface area contributed by atoms with Crippen LogP contribution in [0.2, 0.25) is 0 Å². The predicted octanol–water partition coefficient (Wildman–Crippen LogP) is 2.46. The number of hydrogen-bond acceptors (Lipinski definition) is 3. The van der Waals surface area contributed by atoms with Crippen molar-refractivity contribution in [1.82, 2.24) is 4.57 Å². The molecule has 100 valence electrons. The summed E-state index contributed by atoms with van der Waals surface area (Å²) in [6.45, 7) is 3.65. The number of halogens is 1. The molecule has 2 heterocycles. The van der Waals surface area contributed by atoms with Gasteiger partial charge in [-0.1, -0.05) is 0 Å². The summed E-state index contributed by atoms with van der Waals surface area (Å²) in [4.78, 5) is 11.9. The van der Waals surface area contributed by atoms with E-state index in [1.54, 1.807) is 10.8 Å². The molecule has 0 radical (unpaired) electrons. The summed E-state index contributed by atoms with van der Waals surface area (Å²) in [6.07, 6.45) is 4.92. The Kier molecular flexibility index (Phi) is 4.97. The highest BCUT2D eigenvalue weighted by molar-refractivity contribution is 9.10. The van der Waals surface area contributed by atoms with Gasteiger partial charge in [0.25, 0.3) is 5.56 Å². The van der Waals surface area contributed by atoms with Gasteiger partial charge < -0.3 is 14.0 Å². The van der Waals surface area contributed by atoms with Crippen LogP contribution in [0.4, 0.5) is 0 Å². The first-order valence-electron chi connectivity index (χ1n) is 6.26. The third-order valence-electron chi connectivity index (χ3n) is 3.01. The van der Waals surface area contributed by atoms with Crippen molar-refractivity contribution in [1.29, 1.82) is 0 Å². The molecular formula is C13H18BrNO3.